The van der Waals surface area contributed by atoms with Crippen LogP contribution in [0.1, 0.15) is 11.1 Å². The Bertz CT molecular complexity index is 1130. The number of rotatable bonds is 8. The summed E-state index contributed by atoms with van der Waals surface area (Å²) in [4.78, 5) is 12.4. The van der Waals surface area contributed by atoms with E-state index in [4.69, 9.17) is 4.74 Å². The van der Waals surface area contributed by atoms with E-state index in [1.165, 1.54) is 0 Å². The smallest absolute Gasteiger partial charge is 0.240 e. The van der Waals surface area contributed by atoms with Gasteiger partial charge in [-0.25, -0.2) is 8.42 Å². The Hall–Kier alpha value is -3.06. The van der Waals surface area contributed by atoms with Crippen LogP contribution in [0.15, 0.2) is 60.7 Å². The number of aryl methyl sites for hydroxylation is 2. The van der Waals surface area contributed by atoms with Crippen molar-refractivity contribution < 1.29 is 17.9 Å². The summed E-state index contributed by atoms with van der Waals surface area (Å²) in [7, 11) is -3.60. The number of benzene rings is 3. The quantitative estimate of drug-likeness (QED) is 0.560. The Balaban J connectivity index is 1.59. The van der Waals surface area contributed by atoms with E-state index in [9.17, 15) is 13.2 Å². The van der Waals surface area contributed by atoms with Crippen LogP contribution in [0.4, 0.5) is 5.69 Å². The molecule has 1 amide bonds. The Morgan fingerprint density at radius 2 is 1.67 bits per heavy atom. The van der Waals surface area contributed by atoms with Gasteiger partial charge in [0.2, 0.25) is 15.9 Å². The molecule has 0 saturated carbocycles. The minimum Gasteiger partial charge on any atom is -0.491 e. The lowest BCUT2D eigenvalue weighted by Gasteiger charge is -2.23. The zero-order chi connectivity index (χ0) is 21.7. The van der Waals surface area contributed by atoms with Crippen molar-refractivity contribution in [2.24, 2.45) is 0 Å². The molecule has 1 N–H and O–H groups in total. The van der Waals surface area contributed by atoms with Gasteiger partial charge in [-0.05, 0) is 48.6 Å². The van der Waals surface area contributed by atoms with Crippen LogP contribution < -0.4 is 14.4 Å². The molecule has 0 aliphatic heterocycles. The standard InChI is InChI=1S/C23H26N2O4S/c1-17-13-18(2)15-20(14-17)25(30(3,27)28)16-23(26)24-11-12-29-22-10-6-8-19-7-4-5-9-21(19)22/h4-10,13-15H,11-12,16H2,1-3H3,(H,24,26). The van der Waals surface area contributed by atoms with Gasteiger partial charge in [-0.3, -0.25) is 9.10 Å². The van der Waals surface area contributed by atoms with Crippen molar-refractivity contribution in [3.8, 4) is 5.75 Å². The lowest BCUT2D eigenvalue weighted by molar-refractivity contribution is -0.119. The first-order valence-electron chi connectivity index (χ1n) is 9.67. The highest BCUT2D eigenvalue weighted by Crippen LogP contribution is 2.25. The minimum absolute atomic E-state index is 0.270. The second kappa shape index (κ2) is 9.17. The van der Waals surface area contributed by atoms with Gasteiger partial charge in [0, 0.05) is 5.39 Å². The molecule has 6 nitrogen and oxygen atoms in total. The first-order valence-corrected chi connectivity index (χ1v) is 11.5. The van der Waals surface area contributed by atoms with Gasteiger partial charge >= 0.3 is 0 Å². The molecule has 7 heteroatoms. The zero-order valence-electron chi connectivity index (χ0n) is 17.4. The number of anilines is 1. The summed E-state index contributed by atoms with van der Waals surface area (Å²) in [6.45, 7) is 4.05. The van der Waals surface area contributed by atoms with Crippen LogP contribution in [0.25, 0.3) is 10.8 Å². The number of nitrogens with one attached hydrogen (secondary N) is 1. The number of carbonyl (C=O) groups is 1. The number of fused-ring (bicyclic) bond motifs is 1. The zero-order valence-corrected chi connectivity index (χ0v) is 18.2. The lowest BCUT2D eigenvalue weighted by atomic mass is 10.1. The molecule has 0 spiro atoms. The van der Waals surface area contributed by atoms with Crippen LogP contribution in [0, 0.1) is 13.8 Å². The van der Waals surface area contributed by atoms with Gasteiger partial charge < -0.3 is 10.1 Å². The molecule has 3 rings (SSSR count). The fraction of sp³-hybridized carbons (Fsp3) is 0.261. The molecule has 0 radical (unpaired) electrons. The van der Waals surface area contributed by atoms with E-state index in [-0.39, 0.29) is 25.6 Å². The van der Waals surface area contributed by atoms with Crippen LogP contribution in [0.5, 0.6) is 5.75 Å². The van der Waals surface area contributed by atoms with E-state index in [1.54, 1.807) is 12.1 Å². The molecule has 0 fully saturated rings. The third-order valence-corrected chi connectivity index (χ3v) is 5.75. The molecular weight excluding hydrogens is 400 g/mol. The molecule has 158 valence electrons. The normalized spacial score (nSPS) is 11.3. The van der Waals surface area contributed by atoms with Crippen molar-refractivity contribution in [1.29, 1.82) is 0 Å². The van der Waals surface area contributed by atoms with Gasteiger partial charge in [-0.15, -0.1) is 0 Å². The van der Waals surface area contributed by atoms with E-state index >= 15 is 0 Å². The summed E-state index contributed by atoms with van der Waals surface area (Å²) in [5, 5.41) is 4.82. The Morgan fingerprint density at radius 3 is 2.37 bits per heavy atom. The Kier molecular flexibility index (Phi) is 6.62. The SMILES string of the molecule is Cc1cc(C)cc(N(CC(=O)NCCOc2cccc3ccccc23)S(C)(=O)=O)c1. The number of hydrogen-bond acceptors (Lipinski definition) is 4. The summed E-state index contributed by atoms with van der Waals surface area (Å²) in [6, 6.07) is 19.2. The van der Waals surface area contributed by atoms with Crippen molar-refractivity contribution in [1.82, 2.24) is 5.32 Å². The molecule has 0 aliphatic carbocycles. The maximum Gasteiger partial charge on any atom is 0.240 e. The van der Waals surface area contributed by atoms with Crippen LogP contribution in [0.2, 0.25) is 0 Å². The third-order valence-electron chi connectivity index (χ3n) is 4.61. The largest absolute Gasteiger partial charge is 0.491 e. The fourth-order valence-electron chi connectivity index (χ4n) is 3.35. The van der Waals surface area contributed by atoms with Crippen molar-refractivity contribution in [2.45, 2.75) is 13.8 Å². The van der Waals surface area contributed by atoms with E-state index in [0.717, 1.165) is 38.2 Å². The predicted molar refractivity (Wildman–Crippen MR) is 121 cm³/mol. The van der Waals surface area contributed by atoms with Gasteiger partial charge in [0.05, 0.1) is 18.5 Å². The molecule has 30 heavy (non-hydrogen) atoms. The van der Waals surface area contributed by atoms with E-state index in [0.29, 0.717) is 5.69 Å². The number of amides is 1. The second-order valence-electron chi connectivity index (χ2n) is 7.29. The molecular formula is C23H26N2O4S. The molecule has 0 atom stereocenters. The highest BCUT2D eigenvalue weighted by atomic mass is 32.2. The van der Waals surface area contributed by atoms with Crippen molar-refractivity contribution in [3.05, 3.63) is 71.8 Å². The molecule has 0 heterocycles. The van der Waals surface area contributed by atoms with Crippen LogP contribution in [0.3, 0.4) is 0 Å². The second-order valence-corrected chi connectivity index (χ2v) is 9.20. The molecule has 0 aromatic heterocycles. The number of nitrogens with zero attached hydrogens (tertiary/aromatic N) is 1. The van der Waals surface area contributed by atoms with E-state index in [2.05, 4.69) is 5.32 Å². The highest BCUT2D eigenvalue weighted by molar-refractivity contribution is 7.92. The molecule has 3 aromatic rings. The average molecular weight is 427 g/mol. The Labute approximate surface area is 177 Å². The van der Waals surface area contributed by atoms with Gasteiger partial charge in [0.1, 0.15) is 18.9 Å². The number of ether oxygens (including phenoxy) is 1. The fourth-order valence-corrected chi connectivity index (χ4v) is 4.19. The molecule has 0 bridgehead atoms. The molecule has 3 aromatic carbocycles. The third kappa shape index (κ3) is 5.51. The average Bonchev–Trinajstić information content (AvgIpc) is 2.68. The van der Waals surface area contributed by atoms with Gasteiger partial charge in [-0.2, -0.15) is 0 Å². The maximum atomic E-state index is 12.4. The minimum atomic E-state index is -3.60. The van der Waals surface area contributed by atoms with E-state index in [1.807, 2.05) is 62.4 Å². The number of carbonyl (C=O) groups excluding carboxylic acids is 1. The summed E-state index contributed by atoms with van der Waals surface area (Å²) in [5.74, 6) is 0.358. The first-order chi connectivity index (χ1) is 14.2. The van der Waals surface area contributed by atoms with Crippen LogP contribution in [-0.2, 0) is 14.8 Å². The van der Waals surface area contributed by atoms with Crippen molar-refractivity contribution in [2.75, 3.05) is 30.3 Å². The highest BCUT2D eigenvalue weighted by Gasteiger charge is 2.21. The molecule has 0 aliphatic rings. The van der Waals surface area contributed by atoms with Crippen LogP contribution >= 0.6 is 0 Å². The van der Waals surface area contributed by atoms with Crippen molar-refractivity contribution in [3.63, 3.8) is 0 Å². The molecule has 0 unspecified atom stereocenters. The van der Waals surface area contributed by atoms with Gasteiger partial charge in [-0.1, -0.05) is 42.5 Å². The summed E-state index contributed by atoms with van der Waals surface area (Å²) in [6.07, 6.45) is 1.10. The summed E-state index contributed by atoms with van der Waals surface area (Å²) < 4.78 is 31.4. The maximum absolute atomic E-state index is 12.4. The van der Waals surface area contributed by atoms with Crippen molar-refractivity contribution >= 4 is 32.4 Å². The molecule has 0 saturated heterocycles. The number of hydrogen-bond donors (Lipinski definition) is 1. The summed E-state index contributed by atoms with van der Waals surface area (Å²) >= 11 is 0. The number of sulfonamides is 1. The predicted octanol–water partition coefficient (Wildman–Crippen LogP) is 3.42. The first kappa shape index (κ1) is 21.6. The monoisotopic (exact) mass is 426 g/mol. The van der Waals surface area contributed by atoms with Crippen LogP contribution in [-0.4, -0.2) is 40.3 Å². The topological polar surface area (TPSA) is 75.7 Å². The summed E-state index contributed by atoms with van der Waals surface area (Å²) in [5.41, 5.74) is 2.35. The van der Waals surface area contributed by atoms with Gasteiger partial charge in [0.25, 0.3) is 0 Å². The van der Waals surface area contributed by atoms with E-state index < -0.39 is 10.0 Å². The van der Waals surface area contributed by atoms with Gasteiger partial charge in [0.15, 0.2) is 0 Å². The lowest BCUT2D eigenvalue weighted by Crippen LogP contribution is -2.41. The Morgan fingerprint density at radius 1 is 1.00 bits per heavy atom.